The van der Waals surface area contributed by atoms with E-state index in [9.17, 15) is 4.79 Å². The van der Waals surface area contributed by atoms with Gasteiger partial charge in [0, 0.05) is 6.42 Å². The van der Waals surface area contributed by atoms with Gasteiger partial charge in [-0.25, -0.2) is 0 Å². The summed E-state index contributed by atoms with van der Waals surface area (Å²) in [5.74, 6) is 0. The van der Waals surface area contributed by atoms with Crippen LogP contribution in [0.25, 0.3) is 0 Å². The quantitative estimate of drug-likeness (QED) is 0.300. The van der Waals surface area contributed by atoms with E-state index in [1.54, 1.807) is 0 Å². The van der Waals surface area contributed by atoms with Crippen molar-refractivity contribution in [1.29, 1.82) is 0 Å². The molecule has 0 unspecified atom stereocenters. The van der Waals surface area contributed by atoms with E-state index in [2.05, 4.69) is 19.1 Å². The van der Waals surface area contributed by atoms with Crippen LogP contribution >= 0.6 is 0 Å². The molecule has 0 spiro atoms. The molecule has 0 aromatic rings. The highest BCUT2D eigenvalue weighted by molar-refractivity contribution is 5.48. The van der Waals surface area contributed by atoms with Gasteiger partial charge < -0.3 is 4.79 Å². The molecule has 0 heterocycles. The van der Waals surface area contributed by atoms with E-state index in [4.69, 9.17) is 0 Å². The Morgan fingerprint density at radius 3 is 2.08 bits per heavy atom. The molecular formula is C12H22O. The minimum atomic E-state index is 0.742. The summed E-state index contributed by atoms with van der Waals surface area (Å²) in [6.45, 7) is 2.20. The van der Waals surface area contributed by atoms with Gasteiger partial charge in [0.25, 0.3) is 0 Å². The summed E-state index contributed by atoms with van der Waals surface area (Å²) >= 11 is 0. The van der Waals surface area contributed by atoms with Crippen LogP contribution in [0.4, 0.5) is 0 Å². The lowest BCUT2D eigenvalue weighted by Crippen LogP contribution is -1.79. The molecule has 0 N–H and O–H groups in total. The van der Waals surface area contributed by atoms with Gasteiger partial charge in [-0.1, -0.05) is 38.3 Å². The van der Waals surface area contributed by atoms with Crippen LogP contribution in [0.15, 0.2) is 12.2 Å². The molecule has 1 nitrogen and oxygen atoms in total. The molecule has 0 aliphatic heterocycles. The molecule has 0 aromatic heterocycles. The van der Waals surface area contributed by atoms with Gasteiger partial charge in [0.1, 0.15) is 6.29 Å². The van der Waals surface area contributed by atoms with Crippen molar-refractivity contribution in [3.05, 3.63) is 12.2 Å². The van der Waals surface area contributed by atoms with Gasteiger partial charge in [-0.3, -0.25) is 0 Å². The monoisotopic (exact) mass is 182 g/mol. The van der Waals surface area contributed by atoms with Crippen LogP contribution in [-0.4, -0.2) is 6.29 Å². The van der Waals surface area contributed by atoms with Gasteiger partial charge >= 0.3 is 0 Å². The Kier molecular flexibility index (Phi) is 10.9. The average molecular weight is 182 g/mol. The van der Waals surface area contributed by atoms with E-state index >= 15 is 0 Å². The summed E-state index contributed by atoms with van der Waals surface area (Å²) in [6.07, 6.45) is 14.8. The second-order valence-electron chi connectivity index (χ2n) is 3.42. The third-order valence-electron chi connectivity index (χ3n) is 2.06. The van der Waals surface area contributed by atoms with Crippen LogP contribution in [0.1, 0.15) is 58.3 Å². The summed E-state index contributed by atoms with van der Waals surface area (Å²) in [6, 6.07) is 0. The Hall–Kier alpha value is -0.590. The molecule has 0 fully saturated rings. The predicted molar refractivity (Wildman–Crippen MR) is 57.8 cm³/mol. The van der Waals surface area contributed by atoms with Crippen molar-refractivity contribution in [2.24, 2.45) is 0 Å². The maximum atomic E-state index is 10.0. The summed E-state index contributed by atoms with van der Waals surface area (Å²) < 4.78 is 0. The molecule has 0 radical (unpaired) electrons. The van der Waals surface area contributed by atoms with Crippen LogP contribution < -0.4 is 0 Å². The summed E-state index contributed by atoms with van der Waals surface area (Å²) in [5, 5.41) is 0. The minimum Gasteiger partial charge on any atom is -0.303 e. The summed E-state index contributed by atoms with van der Waals surface area (Å²) in [7, 11) is 0. The molecule has 0 aromatic carbocycles. The zero-order chi connectivity index (χ0) is 9.78. The molecule has 0 aliphatic rings. The fraction of sp³-hybridized carbons (Fsp3) is 0.750. The van der Waals surface area contributed by atoms with Crippen molar-refractivity contribution in [2.45, 2.75) is 58.3 Å². The van der Waals surface area contributed by atoms with Gasteiger partial charge in [0.2, 0.25) is 0 Å². The molecule has 0 rings (SSSR count). The van der Waals surface area contributed by atoms with Crippen LogP contribution in [0.2, 0.25) is 0 Å². The number of allylic oxidation sites excluding steroid dienone is 2. The number of carbonyl (C=O) groups is 1. The molecule has 13 heavy (non-hydrogen) atoms. The Labute approximate surface area is 82.2 Å². The third kappa shape index (κ3) is 11.4. The lowest BCUT2D eigenvalue weighted by molar-refractivity contribution is -0.107. The lowest BCUT2D eigenvalue weighted by atomic mass is 10.1. The number of hydrogen-bond donors (Lipinski definition) is 0. The number of unbranched alkanes of at least 4 members (excludes halogenated alkanes) is 6. The smallest absolute Gasteiger partial charge is 0.119 e. The standard InChI is InChI=1S/C12H22O/c1-2-3-4-5-6-7-8-9-10-11-12-13/h4-5,12H,2-3,6-11H2,1H3. The number of carbonyl (C=O) groups excluding carboxylic acids is 1. The van der Waals surface area contributed by atoms with Crippen molar-refractivity contribution in [1.82, 2.24) is 0 Å². The summed E-state index contributed by atoms with van der Waals surface area (Å²) in [4.78, 5) is 10.0. The zero-order valence-corrected chi connectivity index (χ0v) is 8.80. The van der Waals surface area contributed by atoms with E-state index in [0.29, 0.717) is 0 Å². The Morgan fingerprint density at radius 2 is 1.46 bits per heavy atom. The number of aldehydes is 1. The van der Waals surface area contributed by atoms with Crippen LogP contribution in [0.3, 0.4) is 0 Å². The molecule has 0 atom stereocenters. The molecule has 0 saturated carbocycles. The fourth-order valence-electron chi connectivity index (χ4n) is 1.25. The summed E-state index contributed by atoms with van der Waals surface area (Å²) in [5.41, 5.74) is 0. The highest BCUT2D eigenvalue weighted by Gasteiger charge is 1.87. The van der Waals surface area contributed by atoms with Crippen LogP contribution in [0, 0.1) is 0 Å². The Balaban J connectivity index is 2.94. The van der Waals surface area contributed by atoms with Crippen molar-refractivity contribution < 1.29 is 4.79 Å². The Morgan fingerprint density at radius 1 is 0.846 bits per heavy atom. The second-order valence-corrected chi connectivity index (χ2v) is 3.42. The van der Waals surface area contributed by atoms with Crippen molar-refractivity contribution >= 4 is 6.29 Å². The maximum absolute atomic E-state index is 10.0. The largest absolute Gasteiger partial charge is 0.303 e. The van der Waals surface area contributed by atoms with Gasteiger partial charge in [-0.05, 0) is 25.7 Å². The Bertz CT molecular complexity index is 127. The van der Waals surface area contributed by atoms with Crippen molar-refractivity contribution in [2.75, 3.05) is 0 Å². The van der Waals surface area contributed by atoms with E-state index < -0.39 is 0 Å². The van der Waals surface area contributed by atoms with Crippen LogP contribution in [-0.2, 0) is 4.79 Å². The minimum absolute atomic E-state index is 0.742. The van der Waals surface area contributed by atoms with Gasteiger partial charge in [0.15, 0.2) is 0 Å². The highest BCUT2D eigenvalue weighted by atomic mass is 16.1. The number of rotatable bonds is 9. The van der Waals surface area contributed by atoms with Gasteiger partial charge in [0.05, 0.1) is 0 Å². The molecular weight excluding hydrogens is 160 g/mol. The molecule has 0 bridgehead atoms. The molecule has 0 amide bonds. The first-order valence-corrected chi connectivity index (χ1v) is 5.50. The first kappa shape index (κ1) is 12.4. The van der Waals surface area contributed by atoms with Gasteiger partial charge in [-0.15, -0.1) is 0 Å². The maximum Gasteiger partial charge on any atom is 0.119 e. The van der Waals surface area contributed by atoms with Crippen molar-refractivity contribution in [3.8, 4) is 0 Å². The lowest BCUT2D eigenvalue weighted by Gasteiger charge is -1.95. The normalized spacial score (nSPS) is 10.8. The molecule has 0 saturated heterocycles. The SMILES string of the molecule is CCCC=CCCCCCCC=O. The van der Waals surface area contributed by atoms with Gasteiger partial charge in [-0.2, -0.15) is 0 Å². The highest BCUT2D eigenvalue weighted by Crippen LogP contribution is 2.05. The first-order chi connectivity index (χ1) is 6.41. The number of hydrogen-bond acceptors (Lipinski definition) is 1. The average Bonchev–Trinajstić information content (AvgIpc) is 2.16. The van der Waals surface area contributed by atoms with E-state index in [1.807, 2.05) is 0 Å². The molecule has 1 heteroatoms. The van der Waals surface area contributed by atoms with E-state index in [0.717, 1.165) is 19.1 Å². The molecule has 0 aliphatic carbocycles. The van der Waals surface area contributed by atoms with Crippen LogP contribution in [0.5, 0.6) is 0 Å². The van der Waals surface area contributed by atoms with Crippen molar-refractivity contribution in [3.63, 3.8) is 0 Å². The third-order valence-corrected chi connectivity index (χ3v) is 2.06. The topological polar surface area (TPSA) is 17.1 Å². The fourth-order valence-corrected chi connectivity index (χ4v) is 1.25. The zero-order valence-electron chi connectivity index (χ0n) is 8.80. The van der Waals surface area contributed by atoms with E-state index in [1.165, 1.54) is 38.5 Å². The van der Waals surface area contributed by atoms with E-state index in [-0.39, 0.29) is 0 Å². The second kappa shape index (κ2) is 11.4. The molecule has 76 valence electrons. The first-order valence-electron chi connectivity index (χ1n) is 5.50. The predicted octanol–water partition coefficient (Wildman–Crippen LogP) is 3.88.